The molecule has 0 aromatic carbocycles. The minimum atomic E-state index is -0.224. The van der Waals surface area contributed by atoms with Gasteiger partial charge in [0.05, 0.1) is 6.10 Å². The van der Waals surface area contributed by atoms with E-state index in [2.05, 4.69) is 0 Å². The average Bonchev–Trinajstić information content (AvgIpc) is 1.99. The van der Waals surface area contributed by atoms with Crippen LogP contribution < -0.4 is 0 Å². The first kappa shape index (κ1) is 8.51. The maximum Gasteiger partial charge on any atom is 0.120 e. The number of hydrogen-bond acceptors (Lipinski definition) is 2. The van der Waals surface area contributed by atoms with Crippen LogP contribution in [0.15, 0.2) is 6.08 Å². The van der Waals surface area contributed by atoms with Crippen LogP contribution >= 0.6 is 0 Å². The van der Waals surface area contributed by atoms with Gasteiger partial charge in [-0.05, 0) is 24.7 Å². The van der Waals surface area contributed by atoms with Crippen molar-refractivity contribution >= 4 is 5.94 Å². The van der Waals surface area contributed by atoms with Crippen molar-refractivity contribution in [3.63, 3.8) is 0 Å². The molecule has 0 aliphatic heterocycles. The van der Waals surface area contributed by atoms with Crippen LogP contribution in [0.3, 0.4) is 0 Å². The Hall–Kier alpha value is -0.590. The van der Waals surface area contributed by atoms with E-state index >= 15 is 0 Å². The first-order valence-corrected chi connectivity index (χ1v) is 4.14. The summed E-state index contributed by atoms with van der Waals surface area (Å²) in [7, 11) is 0. The quantitative estimate of drug-likeness (QED) is 0.576. The van der Waals surface area contributed by atoms with E-state index in [1.807, 2.05) is 6.92 Å². The van der Waals surface area contributed by atoms with Crippen molar-refractivity contribution in [3.8, 4) is 0 Å². The summed E-state index contributed by atoms with van der Waals surface area (Å²) in [6.07, 6.45) is 4.25. The van der Waals surface area contributed by atoms with Gasteiger partial charge in [-0.25, -0.2) is 4.79 Å². The van der Waals surface area contributed by atoms with Gasteiger partial charge in [0.1, 0.15) is 5.94 Å². The fourth-order valence-corrected chi connectivity index (χ4v) is 1.70. The van der Waals surface area contributed by atoms with Crippen molar-refractivity contribution in [2.75, 3.05) is 0 Å². The summed E-state index contributed by atoms with van der Waals surface area (Å²) in [6, 6.07) is 0. The Labute approximate surface area is 66.9 Å². The smallest absolute Gasteiger partial charge is 0.120 e. The van der Waals surface area contributed by atoms with Crippen LogP contribution in [-0.4, -0.2) is 17.2 Å². The maximum absolute atomic E-state index is 10.1. The molecule has 1 N–H and O–H groups in total. The first-order valence-electron chi connectivity index (χ1n) is 4.14. The predicted molar refractivity (Wildman–Crippen MR) is 42.8 cm³/mol. The van der Waals surface area contributed by atoms with Crippen LogP contribution in [0.1, 0.15) is 26.2 Å². The Bertz CT molecular complexity index is 170. The SMILES string of the molecule is CC1C(O)CCCC1C=C=O. The van der Waals surface area contributed by atoms with Gasteiger partial charge in [0, 0.05) is 6.08 Å². The molecule has 2 heteroatoms. The van der Waals surface area contributed by atoms with E-state index in [-0.39, 0.29) is 17.9 Å². The predicted octanol–water partition coefficient (Wildman–Crippen LogP) is 1.17. The van der Waals surface area contributed by atoms with Crippen LogP contribution in [0.2, 0.25) is 0 Å². The molecule has 0 aromatic heterocycles. The number of aliphatic hydroxyl groups excluding tert-OH is 1. The number of carbonyl (C=O) groups excluding carboxylic acids is 1. The summed E-state index contributed by atoms with van der Waals surface area (Å²) in [5, 5.41) is 9.42. The van der Waals surface area contributed by atoms with E-state index in [0.717, 1.165) is 19.3 Å². The van der Waals surface area contributed by atoms with Crippen molar-refractivity contribution in [1.82, 2.24) is 0 Å². The third-order valence-corrected chi connectivity index (χ3v) is 2.60. The summed E-state index contributed by atoms with van der Waals surface area (Å²) >= 11 is 0. The molecule has 1 rings (SSSR count). The number of aliphatic hydroxyl groups is 1. The van der Waals surface area contributed by atoms with Gasteiger partial charge < -0.3 is 5.11 Å². The molecule has 1 saturated carbocycles. The van der Waals surface area contributed by atoms with Gasteiger partial charge in [0.25, 0.3) is 0 Å². The van der Waals surface area contributed by atoms with Gasteiger partial charge in [-0.1, -0.05) is 13.3 Å². The summed E-state index contributed by atoms with van der Waals surface area (Å²) < 4.78 is 0. The first-order chi connectivity index (χ1) is 5.25. The lowest BCUT2D eigenvalue weighted by Crippen LogP contribution is -2.28. The van der Waals surface area contributed by atoms with E-state index in [1.165, 1.54) is 0 Å². The summed E-state index contributed by atoms with van der Waals surface area (Å²) in [5.74, 6) is 2.28. The monoisotopic (exact) mass is 154 g/mol. The largest absolute Gasteiger partial charge is 0.393 e. The highest BCUT2D eigenvalue weighted by molar-refractivity contribution is 5.45. The molecule has 0 bridgehead atoms. The molecule has 1 aliphatic carbocycles. The standard InChI is InChI=1S/C9H14O2/c1-7-8(5-6-10)3-2-4-9(7)11/h5,7-9,11H,2-4H2,1H3. The average molecular weight is 154 g/mol. The van der Waals surface area contributed by atoms with Gasteiger partial charge in [0.15, 0.2) is 0 Å². The number of hydrogen-bond donors (Lipinski definition) is 1. The molecule has 62 valence electrons. The zero-order valence-corrected chi connectivity index (χ0v) is 6.79. The fraction of sp³-hybridized carbons (Fsp3) is 0.778. The van der Waals surface area contributed by atoms with Crippen molar-refractivity contribution < 1.29 is 9.90 Å². The van der Waals surface area contributed by atoms with E-state index in [4.69, 9.17) is 0 Å². The third-order valence-electron chi connectivity index (χ3n) is 2.60. The Balaban J connectivity index is 2.57. The minimum absolute atomic E-state index is 0.224. The van der Waals surface area contributed by atoms with E-state index in [0.29, 0.717) is 0 Å². The summed E-state index contributed by atoms with van der Waals surface area (Å²) in [4.78, 5) is 10.1. The highest BCUT2D eigenvalue weighted by Crippen LogP contribution is 2.30. The molecule has 2 nitrogen and oxygen atoms in total. The topological polar surface area (TPSA) is 37.3 Å². The second-order valence-electron chi connectivity index (χ2n) is 3.31. The lowest BCUT2D eigenvalue weighted by molar-refractivity contribution is 0.0573. The molecule has 1 aliphatic rings. The Morgan fingerprint density at radius 2 is 2.27 bits per heavy atom. The van der Waals surface area contributed by atoms with Crippen LogP contribution in [0.25, 0.3) is 0 Å². The zero-order chi connectivity index (χ0) is 8.27. The lowest BCUT2D eigenvalue weighted by Gasteiger charge is -2.30. The van der Waals surface area contributed by atoms with Gasteiger partial charge in [-0.3, -0.25) is 0 Å². The second kappa shape index (κ2) is 3.70. The highest BCUT2D eigenvalue weighted by atomic mass is 16.3. The Kier molecular flexibility index (Phi) is 2.86. The molecule has 3 unspecified atom stereocenters. The van der Waals surface area contributed by atoms with Crippen molar-refractivity contribution in [2.24, 2.45) is 11.8 Å². The fourth-order valence-electron chi connectivity index (χ4n) is 1.70. The maximum atomic E-state index is 10.1. The Morgan fingerprint density at radius 3 is 2.91 bits per heavy atom. The van der Waals surface area contributed by atoms with Gasteiger partial charge in [0.2, 0.25) is 0 Å². The van der Waals surface area contributed by atoms with Gasteiger partial charge >= 0.3 is 0 Å². The molecule has 0 radical (unpaired) electrons. The molecule has 0 amide bonds. The number of allylic oxidation sites excluding steroid dienone is 1. The molecular formula is C9H14O2. The molecule has 11 heavy (non-hydrogen) atoms. The van der Waals surface area contributed by atoms with Crippen LogP contribution in [-0.2, 0) is 4.79 Å². The molecule has 0 spiro atoms. The van der Waals surface area contributed by atoms with Crippen LogP contribution in [0, 0.1) is 11.8 Å². The van der Waals surface area contributed by atoms with Crippen molar-refractivity contribution in [2.45, 2.75) is 32.3 Å². The third kappa shape index (κ3) is 1.92. The molecule has 0 aromatic rings. The lowest BCUT2D eigenvalue weighted by atomic mass is 9.78. The normalized spacial score (nSPS) is 37.8. The van der Waals surface area contributed by atoms with E-state index in [9.17, 15) is 9.90 Å². The van der Waals surface area contributed by atoms with Crippen molar-refractivity contribution in [3.05, 3.63) is 6.08 Å². The molecule has 1 fully saturated rings. The molecule has 0 heterocycles. The summed E-state index contributed by atoms with van der Waals surface area (Å²) in [6.45, 7) is 1.99. The number of rotatable bonds is 1. The highest BCUT2D eigenvalue weighted by Gasteiger charge is 2.26. The van der Waals surface area contributed by atoms with Crippen LogP contribution in [0.4, 0.5) is 0 Å². The van der Waals surface area contributed by atoms with E-state index in [1.54, 1.807) is 12.0 Å². The zero-order valence-electron chi connectivity index (χ0n) is 6.79. The molecule has 3 atom stereocenters. The Morgan fingerprint density at radius 1 is 1.55 bits per heavy atom. The van der Waals surface area contributed by atoms with Crippen LogP contribution in [0.5, 0.6) is 0 Å². The van der Waals surface area contributed by atoms with Crippen molar-refractivity contribution in [1.29, 1.82) is 0 Å². The summed E-state index contributed by atoms with van der Waals surface area (Å²) in [5.41, 5.74) is 0. The molecule has 0 saturated heterocycles. The van der Waals surface area contributed by atoms with E-state index < -0.39 is 0 Å². The van der Waals surface area contributed by atoms with Gasteiger partial charge in [-0.15, -0.1) is 0 Å². The minimum Gasteiger partial charge on any atom is -0.393 e. The van der Waals surface area contributed by atoms with Gasteiger partial charge in [-0.2, -0.15) is 0 Å². The second-order valence-corrected chi connectivity index (χ2v) is 3.31. The molecular weight excluding hydrogens is 140 g/mol.